The molecule has 13 heteroatoms. The Morgan fingerprint density at radius 2 is 1.76 bits per heavy atom. The number of anilines is 2. The van der Waals surface area contributed by atoms with Gasteiger partial charge >= 0.3 is 12.2 Å². The van der Waals surface area contributed by atoms with Crippen LogP contribution in [0.25, 0.3) is 11.4 Å². The van der Waals surface area contributed by atoms with E-state index in [9.17, 15) is 22.8 Å². The number of nitrogens with zero attached hydrogens (tertiary/aromatic N) is 3. The summed E-state index contributed by atoms with van der Waals surface area (Å²) in [6, 6.07) is 3.90. The molecule has 0 aliphatic rings. The minimum atomic E-state index is -4.78. The van der Waals surface area contributed by atoms with Crippen molar-refractivity contribution in [2.75, 3.05) is 24.4 Å². The number of nitrogens with one attached hydrogen (secondary N) is 2. The molecule has 4 N–H and O–H groups in total. The van der Waals surface area contributed by atoms with E-state index in [-0.39, 0.29) is 22.8 Å². The molecule has 1 aromatic carbocycles. The molecule has 0 saturated carbocycles. The number of urea groups is 1. The Hall–Kier alpha value is -4.42. The highest BCUT2D eigenvalue weighted by atomic mass is 19.4. The molecule has 0 bridgehead atoms. The standard InChI is InChI=1S/C25H27F3N6O4/c1-6-38-19-10-20(37-5)30-11-15(19)21-31-12-18(13(2)32-21)34-23(36)33-14-7-8-16(24(3,4)22(29)35)17(9-14)25(26,27)28/h7-12H,6H2,1-5H3,(H2,29,35)(H2,33,34,36). The number of amides is 3. The Kier molecular flexibility index (Phi) is 8.08. The number of hydrogen-bond donors (Lipinski definition) is 3. The van der Waals surface area contributed by atoms with E-state index in [4.69, 9.17) is 15.2 Å². The lowest BCUT2D eigenvalue weighted by molar-refractivity contribution is -0.139. The summed E-state index contributed by atoms with van der Waals surface area (Å²) in [4.78, 5) is 37.1. The quantitative estimate of drug-likeness (QED) is 0.382. The van der Waals surface area contributed by atoms with E-state index in [1.54, 1.807) is 13.0 Å². The van der Waals surface area contributed by atoms with Crippen molar-refractivity contribution >= 4 is 23.3 Å². The van der Waals surface area contributed by atoms with Crippen molar-refractivity contribution in [1.29, 1.82) is 0 Å². The van der Waals surface area contributed by atoms with Crippen molar-refractivity contribution in [2.45, 2.75) is 39.3 Å². The number of carbonyl (C=O) groups is 2. The molecule has 3 amide bonds. The number of halogens is 3. The second kappa shape index (κ2) is 10.9. The average molecular weight is 533 g/mol. The molecule has 0 saturated heterocycles. The molecule has 0 fully saturated rings. The molecule has 2 aromatic heterocycles. The van der Waals surface area contributed by atoms with Crippen molar-refractivity contribution in [3.63, 3.8) is 0 Å². The first kappa shape index (κ1) is 28.2. The number of hydrogen-bond acceptors (Lipinski definition) is 7. The maximum Gasteiger partial charge on any atom is 0.416 e. The van der Waals surface area contributed by atoms with E-state index < -0.39 is 29.1 Å². The predicted molar refractivity (Wildman–Crippen MR) is 134 cm³/mol. The van der Waals surface area contributed by atoms with Gasteiger partial charge in [-0.25, -0.2) is 19.7 Å². The van der Waals surface area contributed by atoms with Crippen LogP contribution < -0.4 is 25.8 Å². The smallest absolute Gasteiger partial charge is 0.416 e. The molecule has 0 aliphatic heterocycles. The van der Waals surface area contributed by atoms with Crippen LogP contribution in [-0.2, 0) is 16.4 Å². The topological polar surface area (TPSA) is 141 Å². The van der Waals surface area contributed by atoms with Gasteiger partial charge in [0, 0.05) is 18.0 Å². The SMILES string of the molecule is CCOc1cc(OC)ncc1-c1ncc(NC(=O)Nc2ccc(C(C)(C)C(N)=O)c(C(F)(F)F)c2)c(C)n1. The Labute approximate surface area is 216 Å². The predicted octanol–water partition coefficient (Wildman–Crippen LogP) is 4.68. The first-order valence-electron chi connectivity index (χ1n) is 11.4. The zero-order valence-corrected chi connectivity index (χ0v) is 21.4. The van der Waals surface area contributed by atoms with Crippen LogP contribution in [0.4, 0.5) is 29.3 Å². The second-order valence-electron chi connectivity index (χ2n) is 8.68. The van der Waals surface area contributed by atoms with Crippen LogP contribution in [-0.4, -0.2) is 40.6 Å². The molecule has 2 heterocycles. The van der Waals surface area contributed by atoms with Crippen LogP contribution in [0.2, 0.25) is 0 Å². The van der Waals surface area contributed by atoms with Crippen LogP contribution in [0.1, 0.15) is 37.6 Å². The first-order chi connectivity index (χ1) is 17.8. The highest BCUT2D eigenvalue weighted by Gasteiger charge is 2.40. The van der Waals surface area contributed by atoms with Gasteiger partial charge in [-0.3, -0.25) is 4.79 Å². The molecule has 0 aliphatic carbocycles. The van der Waals surface area contributed by atoms with Gasteiger partial charge in [-0.2, -0.15) is 13.2 Å². The number of aryl methyl sites for hydroxylation is 1. The summed E-state index contributed by atoms with van der Waals surface area (Å²) >= 11 is 0. The zero-order valence-electron chi connectivity index (χ0n) is 21.4. The average Bonchev–Trinajstić information content (AvgIpc) is 2.84. The van der Waals surface area contributed by atoms with Gasteiger partial charge in [-0.1, -0.05) is 6.07 Å². The van der Waals surface area contributed by atoms with E-state index in [1.807, 2.05) is 6.92 Å². The summed E-state index contributed by atoms with van der Waals surface area (Å²) in [6.07, 6.45) is -1.93. The lowest BCUT2D eigenvalue weighted by Gasteiger charge is -2.26. The fourth-order valence-corrected chi connectivity index (χ4v) is 3.51. The first-order valence-corrected chi connectivity index (χ1v) is 11.4. The van der Waals surface area contributed by atoms with Gasteiger partial charge in [-0.15, -0.1) is 0 Å². The minimum Gasteiger partial charge on any atom is -0.493 e. The van der Waals surface area contributed by atoms with Crippen LogP contribution in [0, 0.1) is 6.92 Å². The van der Waals surface area contributed by atoms with Gasteiger partial charge < -0.3 is 25.8 Å². The summed E-state index contributed by atoms with van der Waals surface area (Å²) in [5, 5.41) is 4.88. The number of alkyl halides is 3. The largest absolute Gasteiger partial charge is 0.493 e. The molecule has 10 nitrogen and oxygen atoms in total. The van der Waals surface area contributed by atoms with Gasteiger partial charge in [0.05, 0.1) is 47.8 Å². The molecule has 0 atom stereocenters. The van der Waals surface area contributed by atoms with Crippen LogP contribution in [0.15, 0.2) is 36.7 Å². The fourth-order valence-electron chi connectivity index (χ4n) is 3.51. The Morgan fingerprint density at radius 1 is 1.05 bits per heavy atom. The van der Waals surface area contributed by atoms with E-state index in [0.29, 0.717) is 29.5 Å². The lowest BCUT2D eigenvalue weighted by Crippen LogP contribution is -2.37. The lowest BCUT2D eigenvalue weighted by atomic mass is 9.80. The van der Waals surface area contributed by atoms with E-state index >= 15 is 0 Å². The fraction of sp³-hybridized carbons (Fsp3) is 0.320. The third kappa shape index (κ3) is 6.10. The molecule has 0 radical (unpaired) electrons. The summed E-state index contributed by atoms with van der Waals surface area (Å²) in [6.45, 7) is 6.42. The van der Waals surface area contributed by atoms with Gasteiger partial charge in [0.2, 0.25) is 11.8 Å². The number of ether oxygens (including phenoxy) is 2. The zero-order chi connectivity index (χ0) is 28.3. The summed E-state index contributed by atoms with van der Waals surface area (Å²) in [5.74, 6) is 0.179. The molecular formula is C25H27F3N6O4. The number of rotatable bonds is 8. The summed E-state index contributed by atoms with van der Waals surface area (Å²) < 4.78 is 52.0. The minimum absolute atomic E-state index is 0.139. The number of methoxy groups -OCH3 is 1. The van der Waals surface area contributed by atoms with Crippen LogP contribution in [0.5, 0.6) is 11.6 Å². The van der Waals surface area contributed by atoms with Crippen molar-refractivity contribution in [3.05, 3.63) is 53.5 Å². The molecule has 202 valence electrons. The van der Waals surface area contributed by atoms with E-state index in [2.05, 4.69) is 25.6 Å². The van der Waals surface area contributed by atoms with Crippen molar-refractivity contribution in [1.82, 2.24) is 15.0 Å². The normalized spacial score (nSPS) is 11.6. The van der Waals surface area contributed by atoms with Gasteiger partial charge in [0.15, 0.2) is 5.82 Å². The molecule has 38 heavy (non-hydrogen) atoms. The van der Waals surface area contributed by atoms with Gasteiger partial charge in [0.25, 0.3) is 0 Å². The number of aromatic nitrogens is 3. The van der Waals surface area contributed by atoms with Crippen LogP contribution in [0.3, 0.4) is 0 Å². The summed E-state index contributed by atoms with van der Waals surface area (Å²) in [7, 11) is 1.48. The monoisotopic (exact) mass is 532 g/mol. The Bertz CT molecular complexity index is 1360. The highest BCUT2D eigenvalue weighted by molar-refractivity contribution is 6.00. The molecule has 3 rings (SSSR count). The Balaban J connectivity index is 1.83. The molecular weight excluding hydrogens is 505 g/mol. The number of primary amides is 1. The maximum absolute atomic E-state index is 13.7. The highest BCUT2D eigenvalue weighted by Crippen LogP contribution is 2.39. The number of benzene rings is 1. The molecule has 3 aromatic rings. The van der Waals surface area contributed by atoms with Crippen molar-refractivity contribution in [2.24, 2.45) is 5.73 Å². The maximum atomic E-state index is 13.7. The van der Waals surface area contributed by atoms with Gasteiger partial charge in [-0.05, 0) is 45.4 Å². The van der Waals surface area contributed by atoms with E-state index in [1.165, 1.54) is 39.4 Å². The van der Waals surface area contributed by atoms with Crippen molar-refractivity contribution < 1.29 is 32.2 Å². The third-order valence-corrected chi connectivity index (χ3v) is 5.69. The number of nitrogens with two attached hydrogens (primary N) is 1. The number of carbonyl (C=O) groups excluding carboxylic acids is 2. The summed E-state index contributed by atoms with van der Waals surface area (Å²) in [5.41, 5.74) is 3.32. The third-order valence-electron chi connectivity index (χ3n) is 5.69. The number of pyridine rings is 1. The van der Waals surface area contributed by atoms with E-state index in [0.717, 1.165) is 12.1 Å². The second-order valence-corrected chi connectivity index (χ2v) is 8.68. The molecule has 0 unspecified atom stereocenters. The van der Waals surface area contributed by atoms with Gasteiger partial charge in [0.1, 0.15) is 5.75 Å². The van der Waals surface area contributed by atoms with Crippen LogP contribution >= 0.6 is 0 Å². The van der Waals surface area contributed by atoms with Crippen molar-refractivity contribution in [3.8, 4) is 23.0 Å². The molecule has 0 spiro atoms. The Morgan fingerprint density at radius 3 is 2.34 bits per heavy atom.